The van der Waals surface area contributed by atoms with Crippen molar-refractivity contribution in [2.45, 2.75) is 38.3 Å². The molecule has 2 unspecified atom stereocenters. The van der Waals surface area contributed by atoms with E-state index < -0.39 is 0 Å². The highest BCUT2D eigenvalue weighted by molar-refractivity contribution is 6.31. The molecule has 3 nitrogen and oxygen atoms in total. The van der Waals surface area contributed by atoms with E-state index in [1.54, 1.807) is 6.07 Å². The molecule has 0 aromatic heterocycles. The highest BCUT2D eigenvalue weighted by Gasteiger charge is 2.37. The number of morpholine rings is 1. The van der Waals surface area contributed by atoms with Crippen LogP contribution in [-0.2, 0) is 11.2 Å². The lowest BCUT2D eigenvalue weighted by Gasteiger charge is -2.46. The Morgan fingerprint density at radius 3 is 2.71 bits per heavy atom. The lowest BCUT2D eigenvalue weighted by Crippen LogP contribution is -2.61. The Bertz CT molecular complexity index is 479. The van der Waals surface area contributed by atoms with Crippen molar-refractivity contribution in [3.63, 3.8) is 0 Å². The molecule has 0 spiro atoms. The number of hydrogen-bond acceptors (Lipinski definition) is 3. The quantitative estimate of drug-likeness (QED) is 0.908. The first-order chi connectivity index (χ1) is 9.97. The molecule has 21 heavy (non-hydrogen) atoms. The number of ether oxygens (including phenoxy) is 1. The average molecular weight is 315 g/mol. The normalized spacial score (nSPS) is 21.0. The molecule has 0 aliphatic carbocycles. The minimum absolute atomic E-state index is 0.111. The van der Waals surface area contributed by atoms with Gasteiger partial charge in [-0.15, -0.1) is 0 Å². The zero-order valence-corrected chi connectivity index (χ0v) is 13.5. The molecule has 2 atom stereocenters. The van der Waals surface area contributed by atoms with E-state index in [2.05, 4.69) is 18.7 Å². The van der Waals surface area contributed by atoms with Gasteiger partial charge in [0.1, 0.15) is 5.82 Å². The Hall–Kier alpha value is -0.680. The van der Waals surface area contributed by atoms with Crippen LogP contribution in [0.25, 0.3) is 0 Å². The Labute approximate surface area is 131 Å². The third-order valence-corrected chi connectivity index (χ3v) is 5.06. The predicted molar refractivity (Wildman–Crippen MR) is 84.2 cm³/mol. The summed E-state index contributed by atoms with van der Waals surface area (Å²) in [5, 5.41) is 0.576. The van der Waals surface area contributed by atoms with Gasteiger partial charge in [-0.05, 0) is 43.5 Å². The number of rotatable bonds is 5. The molecule has 1 aliphatic heterocycles. The van der Waals surface area contributed by atoms with Crippen LogP contribution in [0.4, 0.5) is 4.39 Å². The lowest BCUT2D eigenvalue weighted by molar-refractivity contribution is -0.0272. The third-order valence-electron chi connectivity index (χ3n) is 4.70. The zero-order valence-electron chi connectivity index (χ0n) is 12.7. The van der Waals surface area contributed by atoms with E-state index in [1.807, 2.05) is 0 Å². The summed E-state index contributed by atoms with van der Waals surface area (Å²) in [6.07, 6.45) is 1.50. The van der Waals surface area contributed by atoms with Gasteiger partial charge in [0.25, 0.3) is 0 Å². The van der Waals surface area contributed by atoms with Crippen LogP contribution in [0.3, 0.4) is 0 Å². The number of benzene rings is 1. The van der Waals surface area contributed by atoms with Crippen molar-refractivity contribution < 1.29 is 9.13 Å². The second-order valence-electron chi connectivity index (χ2n) is 5.86. The summed E-state index contributed by atoms with van der Waals surface area (Å²) in [7, 11) is 0. The summed E-state index contributed by atoms with van der Waals surface area (Å²) in [6, 6.07) is 4.34. The molecular weight excluding hydrogens is 291 g/mol. The lowest BCUT2D eigenvalue weighted by atomic mass is 9.83. The fourth-order valence-corrected chi connectivity index (χ4v) is 3.15. The van der Waals surface area contributed by atoms with Crippen molar-refractivity contribution in [2.24, 2.45) is 5.73 Å². The van der Waals surface area contributed by atoms with Crippen molar-refractivity contribution in [3.8, 4) is 0 Å². The Balaban J connectivity index is 2.15. The predicted octanol–water partition coefficient (Wildman–Crippen LogP) is 2.85. The highest BCUT2D eigenvalue weighted by Crippen LogP contribution is 2.28. The van der Waals surface area contributed by atoms with Gasteiger partial charge in [-0.25, -0.2) is 4.39 Å². The van der Waals surface area contributed by atoms with Gasteiger partial charge in [0.2, 0.25) is 0 Å². The van der Waals surface area contributed by atoms with Gasteiger partial charge < -0.3 is 10.5 Å². The number of nitrogens with zero attached hydrogens (tertiary/aromatic N) is 1. The minimum Gasteiger partial charge on any atom is -0.379 e. The first-order valence-corrected chi connectivity index (χ1v) is 7.87. The molecule has 0 amide bonds. The van der Waals surface area contributed by atoms with Crippen LogP contribution in [0.1, 0.15) is 25.8 Å². The summed E-state index contributed by atoms with van der Waals surface area (Å²) in [5.41, 5.74) is 7.12. The largest absolute Gasteiger partial charge is 0.379 e. The molecule has 0 bridgehead atoms. The monoisotopic (exact) mass is 314 g/mol. The SMILES string of the molecule is CCC(C)(C(N)Cc1cc(F)ccc1Cl)N1CCOCC1. The van der Waals surface area contributed by atoms with Gasteiger partial charge >= 0.3 is 0 Å². The number of hydrogen-bond donors (Lipinski definition) is 1. The molecule has 1 heterocycles. The molecule has 2 rings (SSSR count). The van der Waals surface area contributed by atoms with Crippen LogP contribution >= 0.6 is 11.6 Å². The highest BCUT2D eigenvalue weighted by atomic mass is 35.5. The van der Waals surface area contributed by atoms with Crippen LogP contribution in [-0.4, -0.2) is 42.8 Å². The van der Waals surface area contributed by atoms with E-state index >= 15 is 0 Å². The first-order valence-electron chi connectivity index (χ1n) is 7.49. The summed E-state index contributed by atoms with van der Waals surface area (Å²) in [5.74, 6) is -0.272. The van der Waals surface area contributed by atoms with Gasteiger partial charge in [0, 0.05) is 29.7 Å². The van der Waals surface area contributed by atoms with E-state index in [0.29, 0.717) is 11.4 Å². The fraction of sp³-hybridized carbons (Fsp3) is 0.625. The van der Waals surface area contributed by atoms with Crippen molar-refractivity contribution >= 4 is 11.6 Å². The summed E-state index contributed by atoms with van der Waals surface area (Å²) < 4.78 is 18.8. The maximum absolute atomic E-state index is 13.4. The second-order valence-corrected chi connectivity index (χ2v) is 6.26. The molecule has 1 aromatic rings. The molecule has 0 saturated carbocycles. The molecule has 0 radical (unpaired) electrons. The summed E-state index contributed by atoms with van der Waals surface area (Å²) >= 11 is 6.16. The van der Waals surface area contributed by atoms with E-state index in [1.165, 1.54) is 12.1 Å². The molecule has 118 valence electrons. The smallest absolute Gasteiger partial charge is 0.123 e. The van der Waals surface area contributed by atoms with Gasteiger partial charge in [0.15, 0.2) is 0 Å². The summed E-state index contributed by atoms with van der Waals surface area (Å²) in [6.45, 7) is 7.56. The van der Waals surface area contributed by atoms with Gasteiger partial charge in [-0.2, -0.15) is 0 Å². The second kappa shape index (κ2) is 7.05. The van der Waals surface area contributed by atoms with Gasteiger partial charge in [0.05, 0.1) is 13.2 Å². The molecule has 1 saturated heterocycles. The van der Waals surface area contributed by atoms with Crippen molar-refractivity contribution in [2.75, 3.05) is 26.3 Å². The average Bonchev–Trinajstić information content (AvgIpc) is 2.51. The van der Waals surface area contributed by atoms with Crippen LogP contribution in [0.5, 0.6) is 0 Å². The number of halogens is 2. The Morgan fingerprint density at radius 1 is 1.43 bits per heavy atom. The van der Waals surface area contributed by atoms with E-state index in [-0.39, 0.29) is 17.4 Å². The molecule has 1 aromatic carbocycles. The standard InChI is InChI=1S/C16H24ClFN2O/c1-3-16(2,20-6-8-21-9-7-20)15(19)11-12-10-13(18)4-5-14(12)17/h4-5,10,15H,3,6-9,11,19H2,1-2H3. The fourth-order valence-electron chi connectivity index (χ4n) is 2.95. The minimum atomic E-state index is -0.272. The topological polar surface area (TPSA) is 38.5 Å². The van der Waals surface area contributed by atoms with E-state index in [0.717, 1.165) is 38.3 Å². The first kappa shape index (κ1) is 16.7. The van der Waals surface area contributed by atoms with Gasteiger partial charge in [-0.3, -0.25) is 4.90 Å². The van der Waals surface area contributed by atoms with Crippen LogP contribution < -0.4 is 5.73 Å². The maximum Gasteiger partial charge on any atom is 0.123 e. The third kappa shape index (κ3) is 3.75. The van der Waals surface area contributed by atoms with Crippen molar-refractivity contribution in [3.05, 3.63) is 34.6 Å². The van der Waals surface area contributed by atoms with Crippen LogP contribution in [0, 0.1) is 5.82 Å². The van der Waals surface area contributed by atoms with E-state index in [4.69, 9.17) is 22.1 Å². The zero-order chi connectivity index (χ0) is 15.5. The van der Waals surface area contributed by atoms with Gasteiger partial charge in [-0.1, -0.05) is 18.5 Å². The van der Waals surface area contributed by atoms with Crippen LogP contribution in [0.15, 0.2) is 18.2 Å². The maximum atomic E-state index is 13.4. The molecule has 1 aliphatic rings. The number of nitrogens with two attached hydrogens (primary N) is 1. The molecule has 1 fully saturated rings. The van der Waals surface area contributed by atoms with Crippen molar-refractivity contribution in [1.82, 2.24) is 4.90 Å². The summed E-state index contributed by atoms with van der Waals surface area (Å²) in [4.78, 5) is 2.38. The molecule has 5 heteroatoms. The Kier molecular flexibility index (Phi) is 5.60. The molecule has 2 N–H and O–H groups in total. The van der Waals surface area contributed by atoms with Crippen molar-refractivity contribution in [1.29, 1.82) is 0 Å². The Morgan fingerprint density at radius 2 is 2.10 bits per heavy atom. The van der Waals surface area contributed by atoms with Crippen LogP contribution in [0.2, 0.25) is 5.02 Å². The molecular formula is C16H24ClFN2O. The van der Waals surface area contributed by atoms with E-state index in [9.17, 15) is 4.39 Å².